The average Bonchev–Trinajstić information content (AvgIpc) is 3.36. The number of aryl methyl sites for hydroxylation is 1. The van der Waals surface area contributed by atoms with Gasteiger partial charge < -0.3 is 23.7 Å². The Bertz CT molecular complexity index is 1250. The molecule has 0 spiro atoms. The van der Waals surface area contributed by atoms with Gasteiger partial charge in [-0.05, 0) is 42.8 Å². The van der Waals surface area contributed by atoms with E-state index in [0.717, 1.165) is 22.9 Å². The molecular weight excluding hydrogens is 441 g/mol. The van der Waals surface area contributed by atoms with Crippen molar-refractivity contribution in [1.29, 1.82) is 0 Å². The molecule has 2 aromatic heterocycles. The Morgan fingerprint density at radius 2 is 1.97 bits per heavy atom. The van der Waals surface area contributed by atoms with Crippen molar-refractivity contribution in [3.8, 4) is 28.6 Å². The van der Waals surface area contributed by atoms with Gasteiger partial charge >= 0.3 is 0 Å². The molecule has 0 unspecified atom stereocenters. The van der Waals surface area contributed by atoms with E-state index in [1.807, 2.05) is 31.2 Å². The highest BCUT2D eigenvalue weighted by atomic mass is 35.5. The molecule has 0 bridgehead atoms. The quantitative estimate of drug-likeness (QED) is 0.383. The van der Waals surface area contributed by atoms with Crippen LogP contribution in [0, 0.1) is 0 Å². The number of rotatable bonds is 8. The van der Waals surface area contributed by atoms with E-state index < -0.39 is 5.97 Å². The van der Waals surface area contributed by atoms with E-state index in [4.69, 9.17) is 32.5 Å². The number of ether oxygens (including phenoxy) is 1. The number of hydrogen-bond donors (Lipinski definition) is 0. The second-order valence-electron chi connectivity index (χ2n) is 6.94. The minimum Gasteiger partial charge on any atom is -0.550 e. The maximum Gasteiger partial charge on any atom is 0.258 e. The lowest BCUT2D eigenvalue weighted by atomic mass is 10.1. The number of aromatic nitrogens is 3. The first-order valence-corrected chi connectivity index (χ1v) is 10.5. The summed E-state index contributed by atoms with van der Waals surface area (Å²) in [6.07, 6.45) is 2.49. The first-order valence-electron chi connectivity index (χ1n) is 9.71. The van der Waals surface area contributed by atoms with E-state index >= 15 is 0 Å². The number of benzene rings is 2. The number of aliphatic carboxylic acids is 1. The van der Waals surface area contributed by atoms with Crippen LogP contribution in [0.3, 0.4) is 0 Å². The lowest BCUT2D eigenvalue weighted by Gasteiger charge is -2.07. The summed E-state index contributed by atoms with van der Waals surface area (Å²) >= 11 is 12.6. The molecule has 31 heavy (non-hydrogen) atoms. The largest absolute Gasteiger partial charge is 0.550 e. The van der Waals surface area contributed by atoms with E-state index in [-0.39, 0.29) is 13.0 Å². The third-order valence-electron chi connectivity index (χ3n) is 4.71. The van der Waals surface area contributed by atoms with Crippen LogP contribution in [0.2, 0.25) is 10.0 Å². The standard InChI is InChI=1S/C22H19Cl2N3O4/c1-2-9-30-19-6-4-14(11-16(19)23)22-25-21(26-31-22)13-3-5-18-15(10-13)17(24)12-27(18)8-7-20(28)29/h3-6,10-12H,2,7-9H2,1H3,(H,28,29)/p-1. The third kappa shape index (κ3) is 4.52. The summed E-state index contributed by atoms with van der Waals surface area (Å²) in [5, 5.41) is 16.6. The van der Waals surface area contributed by atoms with Gasteiger partial charge in [-0.1, -0.05) is 35.3 Å². The SMILES string of the molecule is CCCOc1ccc(-c2nc(-c3ccc4c(c3)c(Cl)cn4CCC(=O)[O-])no2)cc1Cl. The number of carboxylic acids is 1. The van der Waals surface area contributed by atoms with Crippen LogP contribution in [0.4, 0.5) is 0 Å². The Kier molecular flexibility index (Phi) is 6.15. The smallest absolute Gasteiger partial charge is 0.258 e. The molecule has 2 heterocycles. The Hall–Kier alpha value is -3.03. The zero-order valence-electron chi connectivity index (χ0n) is 16.6. The summed E-state index contributed by atoms with van der Waals surface area (Å²) in [5.41, 5.74) is 2.21. The first kappa shape index (κ1) is 21.2. The maximum atomic E-state index is 10.8. The van der Waals surface area contributed by atoms with E-state index in [0.29, 0.717) is 39.7 Å². The van der Waals surface area contributed by atoms with Gasteiger partial charge in [0.1, 0.15) is 5.75 Å². The summed E-state index contributed by atoms with van der Waals surface area (Å²) in [6, 6.07) is 10.8. The fraction of sp³-hybridized carbons (Fsp3) is 0.227. The molecule has 0 aliphatic heterocycles. The van der Waals surface area contributed by atoms with Crippen molar-refractivity contribution in [1.82, 2.24) is 14.7 Å². The van der Waals surface area contributed by atoms with Gasteiger partial charge in [0.05, 0.1) is 16.7 Å². The molecule has 0 N–H and O–H groups in total. The zero-order valence-corrected chi connectivity index (χ0v) is 18.1. The number of carboxylic acid groups (broad SMARTS) is 1. The predicted molar refractivity (Wildman–Crippen MR) is 116 cm³/mol. The van der Waals surface area contributed by atoms with Crippen LogP contribution in [0.5, 0.6) is 5.75 Å². The van der Waals surface area contributed by atoms with E-state index in [1.54, 1.807) is 22.9 Å². The van der Waals surface area contributed by atoms with Crippen LogP contribution >= 0.6 is 23.2 Å². The Labute approximate surface area is 188 Å². The topological polar surface area (TPSA) is 93.2 Å². The van der Waals surface area contributed by atoms with Crippen molar-refractivity contribution in [3.63, 3.8) is 0 Å². The molecule has 2 aromatic carbocycles. The van der Waals surface area contributed by atoms with Crippen molar-refractivity contribution in [2.45, 2.75) is 26.3 Å². The number of hydrogen-bond acceptors (Lipinski definition) is 6. The molecule has 0 saturated heterocycles. The van der Waals surface area contributed by atoms with Crippen LogP contribution in [-0.4, -0.2) is 27.3 Å². The maximum absolute atomic E-state index is 10.8. The molecule has 4 rings (SSSR count). The lowest BCUT2D eigenvalue weighted by Crippen LogP contribution is -2.23. The molecule has 0 atom stereocenters. The molecule has 0 fully saturated rings. The zero-order chi connectivity index (χ0) is 22.0. The molecule has 4 aromatic rings. The van der Waals surface area contributed by atoms with Crippen molar-refractivity contribution in [2.75, 3.05) is 6.61 Å². The van der Waals surface area contributed by atoms with Crippen LogP contribution in [0.15, 0.2) is 47.1 Å². The summed E-state index contributed by atoms with van der Waals surface area (Å²) in [4.78, 5) is 15.2. The van der Waals surface area contributed by atoms with Gasteiger partial charge in [-0.2, -0.15) is 4.98 Å². The normalized spacial score (nSPS) is 11.2. The molecule has 0 saturated carbocycles. The molecule has 0 aliphatic carbocycles. The second kappa shape index (κ2) is 8.99. The molecule has 160 valence electrons. The van der Waals surface area contributed by atoms with Gasteiger partial charge in [0, 0.05) is 47.2 Å². The van der Waals surface area contributed by atoms with Crippen LogP contribution in [0.25, 0.3) is 33.7 Å². The van der Waals surface area contributed by atoms with E-state index in [2.05, 4.69) is 10.1 Å². The Balaban J connectivity index is 1.61. The Morgan fingerprint density at radius 3 is 2.71 bits per heavy atom. The number of carbonyl (C=O) groups is 1. The van der Waals surface area contributed by atoms with Crippen LogP contribution in [0.1, 0.15) is 19.8 Å². The minimum absolute atomic E-state index is 0.0963. The molecule has 0 radical (unpaired) electrons. The van der Waals surface area contributed by atoms with Gasteiger partial charge in [-0.25, -0.2) is 0 Å². The fourth-order valence-corrected chi connectivity index (χ4v) is 3.71. The average molecular weight is 459 g/mol. The van der Waals surface area contributed by atoms with Crippen LogP contribution < -0.4 is 9.84 Å². The van der Waals surface area contributed by atoms with Gasteiger partial charge in [-0.15, -0.1) is 0 Å². The van der Waals surface area contributed by atoms with Gasteiger partial charge in [0.2, 0.25) is 5.82 Å². The molecular formula is C22H18Cl2N3O4-. The van der Waals surface area contributed by atoms with Crippen molar-refractivity contribution in [2.24, 2.45) is 0 Å². The van der Waals surface area contributed by atoms with Gasteiger partial charge in [0.25, 0.3) is 5.89 Å². The molecule has 0 amide bonds. The van der Waals surface area contributed by atoms with E-state index in [9.17, 15) is 9.90 Å². The monoisotopic (exact) mass is 458 g/mol. The summed E-state index contributed by atoms with van der Waals surface area (Å²) < 4.78 is 12.8. The van der Waals surface area contributed by atoms with E-state index in [1.165, 1.54) is 0 Å². The third-order valence-corrected chi connectivity index (χ3v) is 5.31. The van der Waals surface area contributed by atoms with Gasteiger partial charge in [0.15, 0.2) is 0 Å². The minimum atomic E-state index is -1.11. The summed E-state index contributed by atoms with van der Waals surface area (Å²) in [6.45, 7) is 2.88. The second-order valence-corrected chi connectivity index (χ2v) is 7.76. The van der Waals surface area contributed by atoms with Crippen LogP contribution in [-0.2, 0) is 11.3 Å². The molecule has 7 nitrogen and oxygen atoms in total. The summed E-state index contributed by atoms with van der Waals surface area (Å²) in [5.74, 6) is 0.226. The van der Waals surface area contributed by atoms with Crippen molar-refractivity contribution in [3.05, 3.63) is 52.6 Å². The predicted octanol–water partition coefficient (Wildman–Crippen LogP) is 4.59. The first-order chi connectivity index (χ1) is 15.0. The fourth-order valence-electron chi connectivity index (χ4n) is 3.21. The molecule has 0 aliphatic rings. The number of fused-ring (bicyclic) bond motifs is 1. The number of halogens is 2. The number of carbonyl (C=O) groups excluding carboxylic acids is 1. The Morgan fingerprint density at radius 1 is 1.16 bits per heavy atom. The highest BCUT2D eigenvalue weighted by Gasteiger charge is 2.15. The highest BCUT2D eigenvalue weighted by molar-refractivity contribution is 6.35. The summed E-state index contributed by atoms with van der Waals surface area (Å²) in [7, 11) is 0. The van der Waals surface area contributed by atoms with Gasteiger partial charge in [-0.3, -0.25) is 0 Å². The molecule has 9 heteroatoms. The van der Waals surface area contributed by atoms with Crippen molar-refractivity contribution < 1.29 is 19.2 Å². The lowest BCUT2D eigenvalue weighted by molar-refractivity contribution is -0.305. The highest BCUT2D eigenvalue weighted by Crippen LogP contribution is 2.33. The number of nitrogens with zero attached hydrogens (tertiary/aromatic N) is 3. The van der Waals surface area contributed by atoms with Crippen molar-refractivity contribution >= 4 is 40.1 Å².